The molecule has 2 aromatic rings. The number of carboxylic acids is 1. The van der Waals surface area contributed by atoms with Gasteiger partial charge >= 0.3 is 5.97 Å². The van der Waals surface area contributed by atoms with E-state index < -0.39 is 51.4 Å². The molecule has 0 bridgehead atoms. The molecule has 0 aliphatic carbocycles. The third-order valence-electron chi connectivity index (χ3n) is 4.59. The second kappa shape index (κ2) is 8.02. The van der Waals surface area contributed by atoms with Crippen LogP contribution in [0, 0.1) is 20.2 Å². The molecule has 1 heterocycles. The van der Waals surface area contributed by atoms with Gasteiger partial charge < -0.3 is 15.1 Å². The third-order valence-corrected chi connectivity index (χ3v) is 4.59. The van der Waals surface area contributed by atoms with Crippen LogP contribution in [0.5, 0.6) is 0 Å². The molecule has 158 valence electrons. The van der Waals surface area contributed by atoms with E-state index in [-0.39, 0.29) is 22.5 Å². The number of non-ortho nitro benzene ring substituents is 2. The van der Waals surface area contributed by atoms with Gasteiger partial charge in [0.15, 0.2) is 0 Å². The average Bonchev–Trinajstić information content (AvgIpc) is 2.97. The van der Waals surface area contributed by atoms with Crippen LogP contribution in [0.2, 0.25) is 0 Å². The second-order valence-electron chi connectivity index (χ2n) is 6.48. The Morgan fingerprint density at radius 3 is 2.13 bits per heavy atom. The monoisotopic (exact) mass is 427 g/mol. The van der Waals surface area contributed by atoms with Crippen LogP contribution < -0.4 is 0 Å². The Morgan fingerprint density at radius 1 is 0.968 bits per heavy atom. The van der Waals surface area contributed by atoms with Crippen LogP contribution in [-0.4, -0.2) is 49.2 Å². The topological polar surface area (TPSA) is 181 Å². The van der Waals surface area contributed by atoms with Crippen molar-refractivity contribution >= 4 is 34.8 Å². The number of Topliss-reactive ketones (excluding diaryl/α,β-unsaturated/α-hetero) is 1. The number of likely N-dealkylation sites (tertiary alicyclic amines) is 1. The molecule has 1 saturated heterocycles. The van der Waals surface area contributed by atoms with Crippen LogP contribution in [0.1, 0.15) is 17.2 Å². The SMILES string of the molecule is O=C(O)CN1C(=O)C(=O)C(=C(O)c2ccc([N+](=O)[O-])cc2)[C@@H]1c1cccc([N+](=O)[O-])c1. The van der Waals surface area contributed by atoms with Crippen molar-refractivity contribution in [3.05, 3.63) is 85.5 Å². The van der Waals surface area contributed by atoms with E-state index in [1.165, 1.54) is 18.2 Å². The summed E-state index contributed by atoms with van der Waals surface area (Å²) < 4.78 is 0. The predicted octanol–water partition coefficient (Wildman–Crippen LogP) is 2.01. The molecule has 0 aromatic heterocycles. The van der Waals surface area contributed by atoms with Crippen LogP contribution in [0.15, 0.2) is 54.1 Å². The minimum atomic E-state index is -1.44. The molecule has 3 rings (SSSR count). The Kier molecular flexibility index (Phi) is 5.46. The van der Waals surface area contributed by atoms with Crippen molar-refractivity contribution in [2.75, 3.05) is 6.54 Å². The van der Waals surface area contributed by atoms with Crippen molar-refractivity contribution in [2.24, 2.45) is 0 Å². The number of nitrogens with zero attached hydrogens (tertiary/aromatic N) is 3. The molecule has 1 atom stereocenters. The quantitative estimate of drug-likeness (QED) is 0.229. The minimum Gasteiger partial charge on any atom is -0.507 e. The first kappa shape index (κ1) is 21.1. The van der Waals surface area contributed by atoms with Gasteiger partial charge in [0, 0.05) is 29.8 Å². The van der Waals surface area contributed by atoms with Crippen LogP contribution in [0.3, 0.4) is 0 Å². The largest absolute Gasteiger partial charge is 0.507 e. The maximum absolute atomic E-state index is 12.6. The van der Waals surface area contributed by atoms with Crippen LogP contribution in [0.4, 0.5) is 11.4 Å². The smallest absolute Gasteiger partial charge is 0.323 e. The van der Waals surface area contributed by atoms with Crippen molar-refractivity contribution in [3.63, 3.8) is 0 Å². The number of ketones is 1. The normalized spacial score (nSPS) is 17.5. The highest BCUT2D eigenvalue weighted by Gasteiger charge is 2.47. The Balaban J connectivity index is 2.20. The summed E-state index contributed by atoms with van der Waals surface area (Å²) >= 11 is 0. The molecule has 1 fully saturated rings. The highest BCUT2D eigenvalue weighted by Crippen LogP contribution is 2.40. The summed E-state index contributed by atoms with van der Waals surface area (Å²) in [6.45, 7) is -0.894. The number of carbonyl (C=O) groups is 3. The van der Waals surface area contributed by atoms with Gasteiger partial charge in [-0.05, 0) is 17.7 Å². The summed E-state index contributed by atoms with van der Waals surface area (Å²) in [5, 5.41) is 41.8. The number of rotatable bonds is 6. The maximum atomic E-state index is 12.6. The van der Waals surface area contributed by atoms with Gasteiger partial charge in [-0.1, -0.05) is 12.1 Å². The fourth-order valence-electron chi connectivity index (χ4n) is 3.24. The van der Waals surface area contributed by atoms with Crippen molar-refractivity contribution < 1.29 is 34.4 Å². The number of aliphatic hydroxyl groups is 1. The fraction of sp³-hybridized carbons (Fsp3) is 0.105. The number of nitro benzene ring substituents is 2. The second-order valence-corrected chi connectivity index (χ2v) is 6.48. The number of hydrogen-bond donors (Lipinski definition) is 2. The van der Waals surface area contributed by atoms with E-state index >= 15 is 0 Å². The number of benzene rings is 2. The summed E-state index contributed by atoms with van der Waals surface area (Å²) in [5.74, 6) is -4.53. The first-order valence-electron chi connectivity index (χ1n) is 8.61. The number of nitro groups is 2. The number of carboxylic acid groups (broad SMARTS) is 1. The zero-order chi connectivity index (χ0) is 22.9. The van der Waals surface area contributed by atoms with Gasteiger partial charge in [0.25, 0.3) is 23.1 Å². The van der Waals surface area contributed by atoms with E-state index in [1.54, 1.807) is 0 Å². The number of hydrogen-bond acceptors (Lipinski definition) is 8. The molecule has 0 unspecified atom stereocenters. The molecule has 0 spiro atoms. The van der Waals surface area contributed by atoms with Crippen molar-refractivity contribution in [1.82, 2.24) is 4.90 Å². The molecule has 2 aromatic carbocycles. The van der Waals surface area contributed by atoms with E-state index in [0.29, 0.717) is 4.90 Å². The molecule has 2 N–H and O–H groups in total. The molecule has 12 nitrogen and oxygen atoms in total. The molecule has 0 radical (unpaired) electrons. The highest BCUT2D eigenvalue weighted by molar-refractivity contribution is 6.46. The third kappa shape index (κ3) is 3.94. The molecule has 0 saturated carbocycles. The standard InChI is InChI=1S/C19H13N3O9/c23-14(24)9-20-16(11-2-1-3-13(8-11)22(30)31)15(18(26)19(20)27)17(25)10-4-6-12(7-5-10)21(28)29/h1-8,16,25H,9H2,(H,23,24)/t16-/m0/s1. The van der Waals surface area contributed by atoms with Crippen molar-refractivity contribution in [1.29, 1.82) is 0 Å². The molecule has 1 amide bonds. The van der Waals surface area contributed by atoms with Gasteiger partial charge in [0.05, 0.1) is 21.5 Å². The number of aliphatic hydroxyl groups excluding tert-OH is 1. The van der Waals surface area contributed by atoms with Gasteiger partial charge in [-0.15, -0.1) is 0 Å². The lowest BCUT2D eigenvalue weighted by Gasteiger charge is -2.23. The van der Waals surface area contributed by atoms with Gasteiger partial charge in [0.1, 0.15) is 12.3 Å². The fourth-order valence-corrected chi connectivity index (χ4v) is 3.24. The van der Waals surface area contributed by atoms with Gasteiger partial charge in [-0.2, -0.15) is 0 Å². The summed E-state index contributed by atoms with van der Waals surface area (Å²) in [7, 11) is 0. The molecular formula is C19H13N3O9. The Bertz CT molecular complexity index is 1150. The number of carbonyl (C=O) groups excluding carboxylic acids is 2. The number of aliphatic carboxylic acids is 1. The Labute approximate surface area is 172 Å². The average molecular weight is 427 g/mol. The molecule has 31 heavy (non-hydrogen) atoms. The first-order chi connectivity index (χ1) is 14.6. The Hall–Kier alpha value is -4.61. The van der Waals surface area contributed by atoms with Gasteiger partial charge in [0.2, 0.25) is 0 Å². The van der Waals surface area contributed by atoms with E-state index in [4.69, 9.17) is 5.11 Å². The van der Waals surface area contributed by atoms with E-state index in [2.05, 4.69) is 0 Å². The highest BCUT2D eigenvalue weighted by atomic mass is 16.6. The van der Waals surface area contributed by atoms with Crippen LogP contribution in [-0.2, 0) is 14.4 Å². The molecule has 1 aliphatic heterocycles. The minimum absolute atomic E-state index is 0.0330. The lowest BCUT2D eigenvalue weighted by molar-refractivity contribution is -0.385. The summed E-state index contributed by atoms with van der Waals surface area (Å²) in [5.41, 5.74) is -1.13. The summed E-state index contributed by atoms with van der Waals surface area (Å²) in [6, 6.07) is 7.92. The van der Waals surface area contributed by atoms with Crippen molar-refractivity contribution in [2.45, 2.75) is 6.04 Å². The van der Waals surface area contributed by atoms with Crippen LogP contribution in [0.25, 0.3) is 5.76 Å². The molecule has 1 aliphatic rings. The maximum Gasteiger partial charge on any atom is 0.323 e. The number of amides is 1. The summed E-state index contributed by atoms with van der Waals surface area (Å²) in [6.07, 6.45) is 0. The lowest BCUT2D eigenvalue weighted by Crippen LogP contribution is -2.34. The van der Waals surface area contributed by atoms with E-state index in [0.717, 1.165) is 30.3 Å². The molecule has 12 heteroatoms. The first-order valence-corrected chi connectivity index (χ1v) is 8.61. The predicted molar refractivity (Wildman–Crippen MR) is 103 cm³/mol. The Morgan fingerprint density at radius 2 is 1.58 bits per heavy atom. The lowest BCUT2D eigenvalue weighted by atomic mass is 9.95. The van der Waals surface area contributed by atoms with Gasteiger partial charge in [-0.3, -0.25) is 34.6 Å². The molecular weight excluding hydrogens is 414 g/mol. The van der Waals surface area contributed by atoms with E-state index in [1.807, 2.05) is 0 Å². The zero-order valence-corrected chi connectivity index (χ0v) is 15.5. The summed E-state index contributed by atoms with van der Waals surface area (Å²) in [4.78, 5) is 57.6. The van der Waals surface area contributed by atoms with Crippen LogP contribution >= 0.6 is 0 Å². The zero-order valence-electron chi connectivity index (χ0n) is 15.5. The van der Waals surface area contributed by atoms with E-state index in [9.17, 15) is 39.7 Å². The van der Waals surface area contributed by atoms with Gasteiger partial charge in [-0.25, -0.2) is 0 Å². The van der Waals surface area contributed by atoms with Crippen molar-refractivity contribution in [3.8, 4) is 0 Å².